The topological polar surface area (TPSA) is 68.4 Å². The van der Waals surface area contributed by atoms with E-state index < -0.39 is 11.7 Å². The van der Waals surface area contributed by atoms with E-state index in [0.717, 1.165) is 23.5 Å². The van der Waals surface area contributed by atoms with E-state index >= 15 is 0 Å². The second kappa shape index (κ2) is 9.42. The Labute approximate surface area is 209 Å². The number of carbonyl (C=O) groups excluding carboxylic acids is 1. The number of benzene rings is 2. The van der Waals surface area contributed by atoms with E-state index in [4.69, 9.17) is 0 Å². The van der Waals surface area contributed by atoms with Crippen LogP contribution in [0.15, 0.2) is 96.1 Å². The zero-order valence-corrected chi connectivity index (χ0v) is 19.7. The van der Waals surface area contributed by atoms with E-state index in [1.165, 1.54) is 18.2 Å². The Morgan fingerprint density at radius 2 is 1.59 bits per heavy atom. The van der Waals surface area contributed by atoms with Gasteiger partial charge in [0.1, 0.15) is 5.65 Å². The number of alkyl halides is 3. The van der Waals surface area contributed by atoms with Crippen molar-refractivity contribution in [2.24, 2.45) is 0 Å². The van der Waals surface area contributed by atoms with E-state index in [1.54, 1.807) is 65.5 Å². The Balaban J connectivity index is 1.32. The van der Waals surface area contributed by atoms with Crippen molar-refractivity contribution in [3.05, 3.63) is 124 Å². The van der Waals surface area contributed by atoms with Gasteiger partial charge in [0.05, 0.1) is 23.5 Å². The number of aromatic nitrogens is 3. The van der Waals surface area contributed by atoms with Gasteiger partial charge in [-0.25, -0.2) is 4.98 Å². The minimum absolute atomic E-state index is 0.115. The quantitative estimate of drug-likeness (QED) is 0.331. The highest BCUT2D eigenvalue weighted by Gasteiger charge is 2.30. The number of nitrogens with zero attached hydrogens (tertiary/aromatic N) is 3. The number of imidazole rings is 1. The van der Waals surface area contributed by atoms with Crippen LogP contribution in [0.3, 0.4) is 0 Å². The molecule has 0 atom stereocenters. The minimum atomic E-state index is -4.39. The third-order valence-corrected chi connectivity index (χ3v) is 6.13. The van der Waals surface area contributed by atoms with Crippen LogP contribution in [0.2, 0.25) is 0 Å². The Morgan fingerprint density at radius 1 is 0.919 bits per heavy atom. The van der Waals surface area contributed by atoms with Gasteiger partial charge >= 0.3 is 6.18 Å². The number of halogens is 3. The lowest BCUT2D eigenvalue weighted by molar-refractivity contribution is -0.137. The molecular weight excluding hydrogens is 481 g/mol. The molecule has 1 N–H and O–H groups in total. The lowest BCUT2D eigenvalue weighted by atomic mass is 10.0. The highest BCUT2D eigenvalue weighted by molar-refractivity contribution is 6.04. The maximum atomic E-state index is 12.8. The third-order valence-electron chi connectivity index (χ3n) is 6.13. The van der Waals surface area contributed by atoms with Crippen LogP contribution in [0.4, 0.5) is 18.9 Å². The van der Waals surface area contributed by atoms with Crippen molar-refractivity contribution in [3.63, 3.8) is 0 Å². The summed E-state index contributed by atoms with van der Waals surface area (Å²) in [6.07, 6.45) is -0.911. The number of amides is 1. The van der Waals surface area contributed by atoms with Crippen molar-refractivity contribution in [2.45, 2.75) is 19.6 Å². The predicted octanol–water partition coefficient (Wildman–Crippen LogP) is 5.79. The van der Waals surface area contributed by atoms with Crippen molar-refractivity contribution >= 4 is 17.2 Å². The van der Waals surface area contributed by atoms with E-state index in [0.29, 0.717) is 34.6 Å². The van der Waals surface area contributed by atoms with E-state index in [2.05, 4.69) is 10.3 Å². The van der Waals surface area contributed by atoms with Gasteiger partial charge in [-0.15, -0.1) is 0 Å². The van der Waals surface area contributed by atoms with Crippen LogP contribution in [0.25, 0.3) is 16.8 Å². The summed E-state index contributed by atoms with van der Waals surface area (Å²) in [5.74, 6) is -0.327. The van der Waals surface area contributed by atoms with Crippen molar-refractivity contribution in [1.29, 1.82) is 0 Å². The Hall–Kier alpha value is -4.66. The number of rotatable bonds is 5. The molecule has 3 aromatic heterocycles. The average molecular weight is 502 g/mol. The first-order chi connectivity index (χ1) is 17.7. The molecule has 6 nitrogen and oxygen atoms in total. The van der Waals surface area contributed by atoms with Gasteiger partial charge in [0.2, 0.25) is 0 Å². The number of fused-ring (bicyclic) bond motifs is 1. The van der Waals surface area contributed by atoms with Gasteiger partial charge in [-0.3, -0.25) is 9.59 Å². The Kier molecular flexibility index (Phi) is 6.12. The van der Waals surface area contributed by atoms with Crippen molar-refractivity contribution in [1.82, 2.24) is 14.0 Å². The van der Waals surface area contributed by atoms with Crippen LogP contribution in [-0.4, -0.2) is 19.9 Å². The number of hydrogen-bond donors (Lipinski definition) is 1. The van der Waals surface area contributed by atoms with Gasteiger partial charge in [0.25, 0.3) is 11.5 Å². The van der Waals surface area contributed by atoms with E-state index in [9.17, 15) is 22.8 Å². The summed E-state index contributed by atoms with van der Waals surface area (Å²) in [6.45, 7) is 2.23. The summed E-state index contributed by atoms with van der Waals surface area (Å²) in [6, 6.07) is 20.0. The molecule has 2 aromatic carbocycles. The number of aryl methyl sites for hydroxylation is 1. The zero-order valence-electron chi connectivity index (χ0n) is 19.7. The highest BCUT2D eigenvalue weighted by atomic mass is 19.4. The Bertz CT molecular complexity index is 1650. The molecule has 186 valence electrons. The molecule has 0 aliphatic heterocycles. The molecule has 9 heteroatoms. The van der Waals surface area contributed by atoms with Crippen LogP contribution in [0.1, 0.15) is 27.3 Å². The highest BCUT2D eigenvalue weighted by Crippen LogP contribution is 2.31. The molecule has 0 radical (unpaired) electrons. The lowest BCUT2D eigenvalue weighted by Crippen LogP contribution is -2.18. The molecule has 5 aromatic rings. The molecule has 0 bridgehead atoms. The molecule has 0 spiro atoms. The second-order valence-corrected chi connectivity index (χ2v) is 8.56. The summed E-state index contributed by atoms with van der Waals surface area (Å²) >= 11 is 0. The third kappa shape index (κ3) is 5.02. The fourth-order valence-electron chi connectivity index (χ4n) is 4.06. The summed E-state index contributed by atoms with van der Waals surface area (Å²) in [5.41, 5.74) is 3.75. The van der Waals surface area contributed by atoms with Crippen LogP contribution in [-0.2, 0) is 12.7 Å². The van der Waals surface area contributed by atoms with E-state index in [1.807, 2.05) is 11.3 Å². The Morgan fingerprint density at radius 3 is 2.24 bits per heavy atom. The predicted molar refractivity (Wildman–Crippen MR) is 135 cm³/mol. The van der Waals surface area contributed by atoms with Crippen LogP contribution < -0.4 is 10.9 Å². The number of nitrogens with one attached hydrogen (secondary N) is 1. The van der Waals surface area contributed by atoms with E-state index in [-0.39, 0.29) is 11.5 Å². The van der Waals surface area contributed by atoms with Gasteiger partial charge in [0, 0.05) is 29.7 Å². The largest absolute Gasteiger partial charge is 0.416 e. The molecule has 0 fully saturated rings. The smallest absolute Gasteiger partial charge is 0.321 e. The molecule has 0 saturated heterocycles. The minimum Gasteiger partial charge on any atom is -0.321 e. The first-order valence-corrected chi connectivity index (χ1v) is 11.4. The number of pyridine rings is 2. The standard InChI is InChI=1S/C28H21F3N4O2/c1-18-24(17-34-15-3-2-4-26(34)36)33-25-14-13-23(16-35(18)25)32-27(37)21-7-5-19(6-8-21)20-9-11-22(12-10-20)28(29,30)31/h2-16H,17H2,1H3,(H,32,37). The van der Waals surface area contributed by atoms with Crippen LogP contribution in [0, 0.1) is 6.92 Å². The summed E-state index contributed by atoms with van der Waals surface area (Å²) in [7, 11) is 0. The first-order valence-electron chi connectivity index (χ1n) is 11.4. The fraction of sp³-hybridized carbons (Fsp3) is 0.107. The fourth-order valence-corrected chi connectivity index (χ4v) is 4.06. The molecule has 5 rings (SSSR count). The van der Waals surface area contributed by atoms with Crippen molar-refractivity contribution in [2.75, 3.05) is 5.32 Å². The number of carbonyl (C=O) groups is 1. The molecule has 0 saturated carbocycles. The zero-order chi connectivity index (χ0) is 26.2. The van der Waals surface area contributed by atoms with Gasteiger partial charge in [-0.2, -0.15) is 13.2 Å². The summed E-state index contributed by atoms with van der Waals surface area (Å²) < 4.78 is 41.8. The molecular formula is C28H21F3N4O2. The molecule has 1 amide bonds. The monoisotopic (exact) mass is 502 g/mol. The van der Waals surface area contributed by atoms with Gasteiger partial charge in [0.15, 0.2) is 0 Å². The normalized spacial score (nSPS) is 11.6. The van der Waals surface area contributed by atoms with Gasteiger partial charge in [-0.05, 0) is 60.5 Å². The van der Waals surface area contributed by atoms with Crippen molar-refractivity contribution < 1.29 is 18.0 Å². The number of anilines is 1. The summed E-state index contributed by atoms with van der Waals surface area (Å²) in [4.78, 5) is 29.5. The lowest BCUT2D eigenvalue weighted by Gasteiger charge is -2.09. The molecule has 37 heavy (non-hydrogen) atoms. The first kappa shape index (κ1) is 24.1. The molecule has 0 unspecified atom stereocenters. The molecule has 0 aliphatic carbocycles. The number of hydrogen-bond acceptors (Lipinski definition) is 3. The second-order valence-electron chi connectivity index (χ2n) is 8.56. The maximum Gasteiger partial charge on any atom is 0.416 e. The van der Waals surface area contributed by atoms with Gasteiger partial charge < -0.3 is 14.3 Å². The summed E-state index contributed by atoms with van der Waals surface area (Å²) in [5, 5.41) is 2.86. The molecule has 0 aliphatic rings. The SMILES string of the molecule is Cc1c(Cn2ccccc2=O)nc2ccc(NC(=O)c3ccc(-c4ccc(C(F)(F)F)cc4)cc3)cn12. The molecule has 3 heterocycles. The van der Waals surface area contributed by atoms with Crippen LogP contribution in [0.5, 0.6) is 0 Å². The van der Waals surface area contributed by atoms with Crippen molar-refractivity contribution in [3.8, 4) is 11.1 Å². The van der Waals surface area contributed by atoms with Gasteiger partial charge in [-0.1, -0.05) is 30.3 Å². The maximum absolute atomic E-state index is 12.8. The average Bonchev–Trinajstić information content (AvgIpc) is 3.19. The van der Waals surface area contributed by atoms with Crippen LogP contribution >= 0.6 is 0 Å².